The topological polar surface area (TPSA) is 46.9 Å². The average Bonchev–Trinajstić information content (AvgIpc) is 2.48. The summed E-state index contributed by atoms with van der Waals surface area (Å²) >= 11 is 6.11. The lowest BCUT2D eigenvalue weighted by Gasteiger charge is -2.10. The number of hydrogen-bond donors (Lipinski definition) is 1. The zero-order valence-electron chi connectivity index (χ0n) is 11.5. The number of nitrogens with one attached hydrogen (secondary N) is 1. The minimum Gasteiger partial charge on any atom is -0.382 e. The van der Waals surface area contributed by atoms with Crippen LogP contribution in [0.1, 0.15) is 25.3 Å². The molecule has 0 saturated heterocycles. The monoisotopic (exact) mass is 291 g/mol. The van der Waals surface area contributed by atoms with E-state index in [-0.39, 0.29) is 10.6 Å². The Kier molecular flexibility index (Phi) is 5.18. The van der Waals surface area contributed by atoms with Crippen molar-refractivity contribution in [2.75, 3.05) is 11.9 Å². The molecule has 5 heteroatoms. The van der Waals surface area contributed by atoms with Gasteiger partial charge in [-0.1, -0.05) is 55.3 Å². The third-order valence-electron chi connectivity index (χ3n) is 3.01. The van der Waals surface area contributed by atoms with Gasteiger partial charge in [-0.25, -0.2) is 4.68 Å². The Balaban J connectivity index is 2.16. The number of halogens is 1. The van der Waals surface area contributed by atoms with Crippen LogP contribution in [0.3, 0.4) is 0 Å². The Hall–Kier alpha value is -1.81. The van der Waals surface area contributed by atoms with Crippen LogP contribution in [0.4, 0.5) is 5.69 Å². The molecule has 1 aromatic heterocycles. The number of hydrogen-bond acceptors (Lipinski definition) is 3. The van der Waals surface area contributed by atoms with Crippen molar-refractivity contribution in [2.24, 2.45) is 0 Å². The highest BCUT2D eigenvalue weighted by atomic mass is 35.5. The van der Waals surface area contributed by atoms with Crippen LogP contribution in [0.2, 0.25) is 5.02 Å². The summed E-state index contributed by atoms with van der Waals surface area (Å²) < 4.78 is 1.38. The van der Waals surface area contributed by atoms with Gasteiger partial charge >= 0.3 is 0 Å². The molecule has 0 unspecified atom stereocenters. The SMILES string of the molecule is CCCCNc1cnn(Cc2ccccc2)c(=O)c1Cl. The first-order valence-electron chi connectivity index (χ1n) is 6.75. The van der Waals surface area contributed by atoms with Crippen molar-refractivity contribution < 1.29 is 0 Å². The van der Waals surface area contributed by atoms with Gasteiger partial charge in [-0.3, -0.25) is 4.79 Å². The van der Waals surface area contributed by atoms with Crippen molar-refractivity contribution in [3.8, 4) is 0 Å². The molecule has 1 N–H and O–H groups in total. The molecule has 106 valence electrons. The van der Waals surface area contributed by atoms with E-state index in [0.717, 1.165) is 24.9 Å². The molecule has 0 aliphatic rings. The van der Waals surface area contributed by atoms with Gasteiger partial charge in [0.2, 0.25) is 0 Å². The molecule has 0 amide bonds. The summed E-state index contributed by atoms with van der Waals surface area (Å²) in [5.41, 5.74) is 1.36. The first kappa shape index (κ1) is 14.6. The summed E-state index contributed by atoms with van der Waals surface area (Å²) in [7, 11) is 0. The zero-order chi connectivity index (χ0) is 14.4. The highest BCUT2D eigenvalue weighted by Crippen LogP contribution is 2.15. The normalized spacial score (nSPS) is 10.5. The number of aromatic nitrogens is 2. The molecular weight excluding hydrogens is 274 g/mol. The summed E-state index contributed by atoms with van der Waals surface area (Å²) in [4.78, 5) is 12.2. The quantitative estimate of drug-likeness (QED) is 0.832. The molecule has 2 aromatic rings. The van der Waals surface area contributed by atoms with E-state index in [1.54, 1.807) is 6.20 Å². The molecule has 0 atom stereocenters. The number of benzene rings is 1. The second-order valence-corrected chi connectivity index (χ2v) is 4.98. The molecule has 0 aliphatic heterocycles. The fraction of sp³-hybridized carbons (Fsp3) is 0.333. The molecule has 0 bridgehead atoms. The predicted octanol–water partition coefficient (Wildman–Crippen LogP) is 3.16. The minimum atomic E-state index is -0.267. The smallest absolute Gasteiger partial charge is 0.287 e. The Bertz CT molecular complexity index is 610. The Morgan fingerprint density at radius 3 is 2.75 bits per heavy atom. The maximum absolute atomic E-state index is 12.2. The van der Waals surface area contributed by atoms with Crippen molar-refractivity contribution in [2.45, 2.75) is 26.3 Å². The van der Waals surface area contributed by atoms with Gasteiger partial charge < -0.3 is 5.32 Å². The summed E-state index contributed by atoms with van der Waals surface area (Å²) in [6.45, 7) is 3.33. The van der Waals surface area contributed by atoms with E-state index < -0.39 is 0 Å². The molecule has 20 heavy (non-hydrogen) atoms. The van der Waals surface area contributed by atoms with Gasteiger partial charge in [0.15, 0.2) is 0 Å². The van der Waals surface area contributed by atoms with Gasteiger partial charge in [0, 0.05) is 6.54 Å². The average molecular weight is 292 g/mol. The van der Waals surface area contributed by atoms with Crippen LogP contribution in [0, 0.1) is 0 Å². The van der Waals surface area contributed by atoms with Crippen molar-refractivity contribution in [1.82, 2.24) is 9.78 Å². The lowest BCUT2D eigenvalue weighted by molar-refractivity contribution is 0.639. The number of anilines is 1. The molecule has 1 aromatic carbocycles. The van der Waals surface area contributed by atoms with E-state index in [1.807, 2.05) is 30.3 Å². The van der Waals surface area contributed by atoms with Crippen LogP contribution in [0.15, 0.2) is 41.3 Å². The fourth-order valence-electron chi connectivity index (χ4n) is 1.86. The van der Waals surface area contributed by atoms with Gasteiger partial charge in [0.05, 0.1) is 18.4 Å². The van der Waals surface area contributed by atoms with Crippen LogP contribution in [-0.2, 0) is 6.54 Å². The standard InChI is InChI=1S/C15H18ClN3O/c1-2-3-9-17-13-10-18-19(15(20)14(13)16)11-12-7-5-4-6-8-12/h4-8,10,17H,2-3,9,11H2,1H3. The Morgan fingerprint density at radius 1 is 1.30 bits per heavy atom. The summed E-state index contributed by atoms with van der Waals surface area (Å²) in [5, 5.41) is 7.51. The predicted molar refractivity (Wildman–Crippen MR) is 82.4 cm³/mol. The van der Waals surface area contributed by atoms with Crippen LogP contribution in [-0.4, -0.2) is 16.3 Å². The molecule has 0 spiro atoms. The Morgan fingerprint density at radius 2 is 2.05 bits per heavy atom. The molecular formula is C15H18ClN3O. The van der Waals surface area contributed by atoms with E-state index in [2.05, 4.69) is 17.3 Å². The van der Waals surface area contributed by atoms with Gasteiger partial charge in [-0.2, -0.15) is 5.10 Å². The maximum atomic E-state index is 12.2. The van der Waals surface area contributed by atoms with Crippen molar-refractivity contribution in [3.05, 3.63) is 57.5 Å². The largest absolute Gasteiger partial charge is 0.382 e. The third kappa shape index (κ3) is 3.61. The van der Waals surface area contributed by atoms with Gasteiger partial charge in [-0.15, -0.1) is 0 Å². The molecule has 0 aliphatic carbocycles. The van der Waals surface area contributed by atoms with Crippen LogP contribution >= 0.6 is 11.6 Å². The molecule has 1 heterocycles. The minimum absolute atomic E-state index is 0.201. The lowest BCUT2D eigenvalue weighted by Crippen LogP contribution is -2.25. The summed E-state index contributed by atoms with van der Waals surface area (Å²) in [6.07, 6.45) is 3.73. The summed E-state index contributed by atoms with van der Waals surface area (Å²) in [5.74, 6) is 0. The first-order chi connectivity index (χ1) is 9.72. The summed E-state index contributed by atoms with van der Waals surface area (Å²) in [6, 6.07) is 9.71. The third-order valence-corrected chi connectivity index (χ3v) is 3.37. The van der Waals surface area contributed by atoms with E-state index in [0.29, 0.717) is 12.2 Å². The first-order valence-corrected chi connectivity index (χ1v) is 7.13. The Labute approximate surface area is 123 Å². The van der Waals surface area contributed by atoms with Gasteiger partial charge in [0.25, 0.3) is 5.56 Å². The van der Waals surface area contributed by atoms with Gasteiger partial charge in [0.1, 0.15) is 5.02 Å². The second kappa shape index (κ2) is 7.10. The van der Waals surface area contributed by atoms with E-state index in [1.165, 1.54) is 4.68 Å². The molecule has 0 radical (unpaired) electrons. The highest BCUT2D eigenvalue weighted by Gasteiger charge is 2.09. The van der Waals surface area contributed by atoms with E-state index in [9.17, 15) is 4.79 Å². The molecule has 2 rings (SSSR count). The lowest BCUT2D eigenvalue weighted by atomic mass is 10.2. The molecule has 0 saturated carbocycles. The number of nitrogens with zero attached hydrogens (tertiary/aromatic N) is 2. The second-order valence-electron chi connectivity index (χ2n) is 4.60. The van der Waals surface area contributed by atoms with Gasteiger partial charge in [-0.05, 0) is 12.0 Å². The van der Waals surface area contributed by atoms with Crippen molar-refractivity contribution in [1.29, 1.82) is 0 Å². The van der Waals surface area contributed by atoms with Crippen molar-refractivity contribution >= 4 is 17.3 Å². The fourth-order valence-corrected chi connectivity index (χ4v) is 2.07. The number of rotatable bonds is 6. The molecule has 0 fully saturated rings. The zero-order valence-corrected chi connectivity index (χ0v) is 12.2. The molecule has 4 nitrogen and oxygen atoms in total. The maximum Gasteiger partial charge on any atom is 0.287 e. The van der Waals surface area contributed by atoms with E-state index >= 15 is 0 Å². The van der Waals surface area contributed by atoms with Crippen LogP contribution < -0.4 is 10.9 Å². The number of unbranched alkanes of at least 4 members (excludes halogenated alkanes) is 1. The highest BCUT2D eigenvalue weighted by molar-refractivity contribution is 6.32. The van der Waals surface area contributed by atoms with Crippen LogP contribution in [0.5, 0.6) is 0 Å². The van der Waals surface area contributed by atoms with Crippen molar-refractivity contribution in [3.63, 3.8) is 0 Å². The van der Waals surface area contributed by atoms with Crippen LogP contribution in [0.25, 0.3) is 0 Å². The van der Waals surface area contributed by atoms with E-state index in [4.69, 9.17) is 11.6 Å².